The van der Waals surface area contributed by atoms with Crippen LogP contribution in [0.5, 0.6) is 0 Å². The van der Waals surface area contributed by atoms with Gasteiger partial charge in [-0.25, -0.2) is 0 Å². The Bertz CT molecular complexity index is 681. The molecule has 1 aromatic heterocycles. The van der Waals surface area contributed by atoms with Gasteiger partial charge >= 0.3 is 0 Å². The van der Waals surface area contributed by atoms with Gasteiger partial charge in [-0.2, -0.15) is 10.5 Å². The Morgan fingerprint density at radius 1 is 1.27 bits per heavy atom. The number of aryl methyl sites for hydroxylation is 1. The lowest BCUT2D eigenvalue weighted by molar-refractivity contribution is 0.685. The maximum absolute atomic E-state index is 9.04. The summed E-state index contributed by atoms with van der Waals surface area (Å²) in [6, 6.07) is 12.4. The van der Waals surface area contributed by atoms with Crippen LogP contribution in [0.2, 0.25) is 0 Å². The van der Waals surface area contributed by atoms with Crippen molar-refractivity contribution in [3.63, 3.8) is 0 Å². The van der Waals surface area contributed by atoms with Crippen molar-refractivity contribution in [1.29, 1.82) is 10.5 Å². The van der Waals surface area contributed by atoms with Crippen molar-refractivity contribution in [1.82, 2.24) is 10.2 Å². The molecule has 0 amide bonds. The summed E-state index contributed by atoms with van der Waals surface area (Å²) in [6.45, 7) is 2.04. The number of rotatable bonds is 7. The molecular weight excluding hydrogens is 314 g/mol. The Kier molecular flexibility index (Phi) is 6.20. The number of benzene rings is 1. The number of aromatic nitrogens is 2. The smallest absolute Gasteiger partial charge is 0.210 e. The maximum atomic E-state index is 9.04. The third-order valence-electron chi connectivity index (χ3n) is 2.90. The van der Waals surface area contributed by atoms with Gasteiger partial charge in [0.25, 0.3) is 0 Å². The molecular formula is C15H15N5S2. The molecule has 0 aliphatic heterocycles. The van der Waals surface area contributed by atoms with E-state index in [0.717, 1.165) is 15.2 Å². The first-order valence-electron chi connectivity index (χ1n) is 6.78. The minimum absolute atomic E-state index is 0.123. The van der Waals surface area contributed by atoms with Gasteiger partial charge in [0.1, 0.15) is 0 Å². The van der Waals surface area contributed by atoms with Gasteiger partial charge < -0.3 is 5.32 Å². The number of thioether (sulfide) groups is 1. The Morgan fingerprint density at radius 2 is 2.05 bits per heavy atom. The van der Waals surface area contributed by atoms with E-state index in [2.05, 4.69) is 27.7 Å². The highest BCUT2D eigenvalue weighted by Gasteiger charge is 2.11. The molecule has 0 saturated heterocycles. The molecule has 0 fully saturated rings. The summed E-state index contributed by atoms with van der Waals surface area (Å²) in [6.07, 6.45) is 1.02. The Balaban J connectivity index is 1.87. The molecule has 22 heavy (non-hydrogen) atoms. The van der Waals surface area contributed by atoms with Gasteiger partial charge in [0.05, 0.1) is 18.1 Å². The van der Waals surface area contributed by atoms with Gasteiger partial charge in [-0.15, -0.1) is 10.2 Å². The molecule has 5 nitrogen and oxygen atoms in total. The highest BCUT2D eigenvalue weighted by molar-refractivity contribution is 8.01. The van der Waals surface area contributed by atoms with Gasteiger partial charge in [-0.05, 0) is 25.5 Å². The monoisotopic (exact) mass is 329 g/mol. The molecule has 1 N–H and O–H groups in total. The van der Waals surface area contributed by atoms with Gasteiger partial charge in [-0.3, -0.25) is 0 Å². The van der Waals surface area contributed by atoms with Crippen molar-refractivity contribution in [3.8, 4) is 12.1 Å². The van der Waals surface area contributed by atoms with Crippen LogP contribution >= 0.6 is 23.1 Å². The Hall–Kier alpha value is -2.09. The van der Waals surface area contributed by atoms with Gasteiger partial charge in [-0.1, -0.05) is 40.8 Å². The minimum atomic E-state index is -0.123. The van der Waals surface area contributed by atoms with Crippen LogP contribution in [0.3, 0.4) is 0 Å². The molecule has 2 aromatic rings. The number of nitriles is 2. The molecule has 0 radical (unpaired) electrons. The van der Waals surface area contributed by atoms with Crippen LogP contribution in [0.1, 0.15) is 18.4 Å². The van der Waals surface area contributed by atoms with Crippen LogP contribution in [-0.2, 0) is 0 Å². The number of nitrogens with one attached hydrogen (secondary N) is 1. The van der Waals surface area contributed by atoms with Crippen molar-refractivity contribution in [2.75, 3.05) is 11.1 Å². The molecule has 7 heteroatoms. The predicted molar refractivity (Wildman–Crippen MR) is 89.0 cm³/mol. The van der Waals surface area contributed by atoms with Crippen LogP contribution in [0.15, 0.2) is 28.6 Å². The highest BCUT2D eigenvalue weighted by atomic mass is 32.2. The second-order valence-corrected chi connectivity index (χ2v) is 6.94. The molecule has 1 atom stereocenters. The third-order valence-corrected chi connectivity index (χ3v) is 5.04. The Labute approximate surface area is 138 Å². The van der Waals surface area contributed by atoms with E-state index >= 15 is 0 Å². The van der Waals surface area contributed by atoms with Crippen LogP contribution in [0, 0.1) is 35.5 Å². The van der Waals surface area contributed by atoms with Gasteiger partial charge in [0.15, 0.2) is 4.34 Å². The SMILES string of the molecule is Cc1ccc(Nc2nnc(SC[C@@H](C#N)CCC#N)s2)cc1. The molecule has 0 aliphatic carbocycles. The van der Waals surface area contributed by atoms with E-state index < -0.39 is 0 Å². The minimum Gasteiger partial charge on any atom is -0.330 e. The normalized spacial score (nSPS) is 11.4. The van der Waals surface area contributed by atoms with Gasteiger partial charge in [0, 0.05) is 17.9 Å². The van der Waals surface area contributed by atoms with E-state index in [1.165, 1.54) is 28.7 Å². The van der Waals surface area contributed by atoms with Crippen molar-refractivity contribution in [2.45, 2.75) is 24.1 Å². The van der Waals surface area contributed by atoms with E-state index in [4.69, 9.17) is 10.5 Å². The largest absolute Gasteiger partial charge is 0.330 e. The zero-order valence-electron chi connectivity index (χ0n) is 12.1. The number of nitrogens with zero attached hydrogens (tertiary/aromatic N) is 4. The summed E-state index contributed by atoms with van der Waals surface area (Å²) in [5, 5.41) is 29.8. The van der Waals surface area contributed by atoms with Crippen molar-refractivity contribution in [2.24, 2.45) is 5.92 Å². The summed E-state index contributed by atoms with van der Waals surface area (Å²) in [7, 11) is 0. The van der Waals surface area contributed by atoms with E-state index in [9.17, 15) is 0 Å². The van der Waals surface area contributed by atoms with Crippen LogP contribution in [0.4, 0.5) is 10.8 Å². The lowest BCUT2D eigenvalue weighted by atomic mass is 10.1. The topological polar surface area (TPSA) is 85.4 Å². The average molecular weight is 329 g/mol. The first-order valence-corrected chi connectivity index (χ1v) is 8.58. The van der Waals surface area contributed by atoms with Crippen molar-refractivity contribution in [3.05, 3.63) is 29.8 Å². The summed E-state index contributed by atoms with van der Waals surface area (Å²) in [5.41, 5.74) is 2.18. The number of hydrogen-bond donors (Lipinski definition) is 1. The molecule has 112 valence electrons. The molecule has 0 saturated carbocycles. The molecule has 0 aliphatic rings. The average Bonchev–Trinajstić information content (AvgIpc) is 2.97. The fourth-order valence-corrected chi connectivity index (χ4v) is 3.53. The molecule has 0 unspecified atom stereocenters. The first-order chi connectivity index (χ1) is 10.7. The quantitative estimate of drug-likeness (QED) is 0.769. The maximum Gasteiger partial charge on any atom is 0.210 e. The van der Waals surface area contributed by atoms with Crippen LogP contribution in [-0.4, -0.2) is 16.0 Å². The third kappa shape index (κ3) is 5.03. The van der Waals surface area contributed by atoms with Crippen molar-refractivity contribution >= 4 is 33.9 Å². The second-order valence-electron chi connectivity index (χ2n) is 4.70. The summed E-state index contributed by atoms with van der Waals surface area (Å²) in [4.78, 5) is 0. The molecule has 0 spiro atoms. The summed E-state index contributed by atoms with van der Waals surface area (Å²) < 4.78 is 0.826. The van der Waals surface area contributed by atoms with E-state index in [-0.39, 0.29) is 5.92 Å². The van der Waals surface area contributed by atoms with Crippen molar-refractivity contribution < 1.29 is 0 Å². The summed E-state index contributed by atoms with van der Waals surface area (Å²) in [5.74, 6) is 0.513. The van der Waals surface area contributed by atoms with E-state index in [1.54, 1.807) is 0 Å². The van der Waals surface area contributed by atoms with Crippen LogP contribution in [0.25, 0.3) is 0 Å². The van der Waals surface area contributed by atoms with Crippen LogP contribution < -0.4 is 5.32 Å². The Morgan fingerprint density at radius 3 is 2.73 bits per heavy atom. The first kappa shape index (κ1) is 16.3. The fourth-order valence-electron chi connectivity index (χ4n) is 1.67. The highest BCUT2D eigenvalue weighted by Crippen LogP contribution is 2.29. The van der Waals surface area contributed by atoms with Gasteiger partial charge in [0.2, 0.25) is 5.13 Å². The zero-order chi connectivity index (χ0) is 15.8. The number of hydrogen-bond acceptors (Lipinski definition) is 7. The molecule has 0 bridgehead atoms. The van der Waals surface area contributed by atoms with E-state index in [0.29, 0.717) is 18.6 Å². The second kappa shape index (κ2) is 8.38. The fraction of sp³-hybridized carbons (Fsp3) is 0.333. The predicted octanol–water partition coefficient (Wildman–Crippen LogP) is 4.13. The summed E-state index contributed by atoms with van der Waals surface area (Å²) >= 11 is 2.97. The lowest BCUT2D eigenvalue weighted by Gasteiger charge is -2.03. The molecule has 1 aromatic carbocycles. The molecule has 2 rings (SSSR count). The molecule has 1 heterocycles. The lowest BCUT2D eigenvalue weighted by Crippen LogP contribution is -1.99. The number of anilines is 2. The zero-order valence-corrected chi connectivity index (χ0v) is 13.7. The standard InChI is InChI=1S/C15H15N5S2/c1-11-4-6-13(7-5-11)18-14-19-20-15(22-14)21-10-12(9-17)3-2-8-16/h4-7,12H,2-3,10H2,1H3,(H,18,19)/t12-/m1/s1. The van der Waals surface area contributed by atoms with E-state index in [1.807, 2.05) is 31.2 Å².